The summed E-state index contributed by atoms with van der Waals surface area (Å²) in [5, 5.41) is 0. The molecule has 0 amide bonds. The fraction of sp³-hybridized carbons (Fsp3) is 1.00. The maximum absolute atomic E-state index is 5.95. The van der Waals surface area contributed by atoms with Crippen molar-refractivity contribution in [2.75, 3.05) is 20.8 Å². The Morgan fingerprint density at radius 1 is 0.684 bits per heavy atom. The van der Waals surface area contributed by atoms with Crippen molar-refractivity contribution < 1.29 is 13.3 Å². The molecule has 0 N–H and O–H groups in total. The summed E-state index contributed by atoms with van der Waals surface area (Å²) in [6.45, 7) is 5.22. The molecule has 0 aliphatic rings. The molecule has 0 aromatic carbocycles. The standard InChI is InChI=1S/C15H34O3Si/c1-5-7-9-10-11-12-13-14-18-19(16-3,17-4)15-8-6-2/h5-15H2,1-4H3. The fourth-order valence-electron chi connectivity index (χ4n) is 2.16. The Hall–Kier alpha value is 0.0969. The minimum atomic E-state index is -2.35. The van der Waals surface area contributed by atoms with Gasteiger partial charge in [-0.15, -0.1) is 0 Å². The highest BCUT2D eigenvalue weighted by Crippen LogP contribution is 2.18. The Bertz CT molecular complexity index is 184. The number of hydrogen-bond acceptors (Lipinski definition) is 3. The lowest BCUT2D eigenvalue weighted by Crippen LogP contribution is -2.44. The van der Waals surface area contributed by atoms with Gasteiger partial charge in [-0.2, -0.15) is 0 Å². The first kappa shape index (κ1) is 19.1. The summed E-state index contributed by atoms with van der Waals surface area (Å²) < 4.78 is 17.0. The Kier molecular flexibility index (Phi) is 13.2. The molecule has 4 heteroatoms. The van der Waals surface area contributed by atoms with Gasteiger partial charge in [0.2, 0.25) is 0 Å². The quantitative estimate of drug-likeness (QED) is 0.340. The van der Waals surface area contributed by atoms with Gasteiger partial charge in [-0.05, 0) is 12.8 Å². The van der Waals surface area contributed by atoms with Crippen molar-refractivity contribution in [3.05, 3.63) is 0 Å². The third-order valence-corrected chi connectivity index (χ3v) is 6.38. The molecule has 0 heterocycles. The van der Waals surface area contributed by atoms with E-state index in [1.807, 2.05) is 0 Å². The topological polar surface area (TPSA) is 27.7 Å². The van der Waals surface area contributed by atoms with Crippen molar-refractivity contribution in [2.45, 2.75) is 77.7 Å². The highest BCUT2D eigenvalue weighted by molar-refractivity contribution is 6.60. The first-order valence-electron chi connectivity index (χ1n) is 7.99. The number of unbranched alkanes of at least 4 members (excludes halogenated alkanes) is 7. The van der Waals surface area contributed by atoms with Crippen LogP contribution in [0.15, 0.2) is 0 Å². The van der Waals surface area contributed by atoms with Crippen LogP contribution in [0.4, 0.5) is 0 Å². The van der Waals surface area contributed by atoms with E-state index in [1.54, 1.807) is 14.2 Å². The molecule has 0 aliphatic heterocycles. The van der Waals surface area contributed by atoms with Crippen LogP contribution in [0.5, 0.6) is 0 Å². The number of hydrogen-bond donors (Lipinski definition) is 0. The van der Waals surface area contributed by atoms with E-state index < -0.39 is 8.80 Å². The second-order valence-corrected chi connectivity index (χ2v) is 8.14. The van der Waals surface area contributed by atoms with Gasteiger partial charge in [0.15, 0.2) is 0 Å². The third-order valence-electron chi connectivity index (χ3n) is 3.53. The van der Waals surface area contributed by atoms with Gasteiger partial charge in [-0.25, -0.2) is 0 Å². The lowest BCUT2D eigenvalue weighted by atomic mass is 10.1. The Labute approximate surface area is 121 Å². The van der Waals surface area contributed by atoms with Gasteiger partial charge in [0.05, 0.1) is 0 Å². The Balaban J connectivity index is 3.63. The van der Waals surface area contributed by atoms with Gasteiger partial charge in [-0.1, -0.05) is 58.8 Å². The maximum atomic E-state index is 5.95. The van der Waals surface area contributed by atoms with E-state index in [4.69, 9.17) is 13.3 Å². The zero-order valence-corrected chi connectivity index (χ0v) is 14.5. The summed E-state index contributed by atoms with van der Waals surface area (Å²) in [5.41, 5.74) is 0. The Morgan fingerprint density at radius 2 is 1.21 bits per heavy atom. The van der Waals surface area contributed by atoms with Gasteiger partial charge in [0, 0.05) is 26.9 Å². The molecule has 0 saturated carbocycles. The molecule has 0 bridgehead atoms. The van der Waals surface area contributed by atoms with E-state index in [0.29, 0.717) is 0 Å². The Morgan fingerprint density at radius 3 is 1.74 bits per heavy atom. The second kappa shape index (κ2) is 13.1. The highest BCUT2D eigenvalue weighted by atomic mass is 28.4. The summed E-state index contributed by atoms with van der Waals surface area (Å²) in [6.07, 6.45) is 11.4. The zero-order valence-electron chi connectivity index (χ0n) is 13.5. The van der Waals surface area contributed by atoms with E-state index >= 15 is 0 Å². The van der Waals surface area contributed by atoms with Gasteiger partial charge < -0.3 is 13.3 Å². The summed E-state index contributed by atoms with van der Waals surface area (Å²) in [6, 6.07) is 0.938. The molecular formula is C15H34O3Si. The van der Waals surface area contributed by atoms with Crippen LogP contribution in [-0.4, -0.2) is 29.6 Å². The molecule has 116 valence electrons. The minimum absolute atomic E-state index is 0.783. The van der Waals surface area contributed by atoms with Crippen LogP contribution < -0.4 is 0 Å². The molecule has 0 aliphatic carbocycles. The monoisotopic (exact) mass is 290 g/mol. The first-order valence-corrected chi connectivity index (χ1v) is 9.92. The maximum Gasteiger partial charge on any atom is 0.500 e. The van der Waals surface area contributed by atoms with E-state index in [9.17, 15) is 0 Å². The number of rotatable bonds is 14. The summed E-state index contributed by atoms with van der Waals surface area (Å²) in [5.74, 6) is 0. The molecule has 0 saturated heterocycles. The average molecular weight is 291 g/mol. The predicted molar refractivity (Wildman–Crippen MR) is 83.4 cm³/mol. The molecule has 0 rings (SSSR count). The zero-order chi connectivity index (χ0) is 14.4. The van der Waals surface area contributed by atoms with E-state index in [2.05, 4.69) is 13.8 Å². The lowest BCUT2D eigenvalue weighted by molar-refractivity contribution is 0.0956. The van der Waals surface area contributed by atoms with E-state index in [1.165, 1.54) is 38.5 Å². The first-order chi connectivity index (χ1) is 9.24. The van der Waals surface area contributed by atoms with Crippen molar-refractivity contribution in [3.63, 3.8) is 0 Å². The lowest BCUT2D eigenvalue weighted by Gasteiger charge is -2.26. The van der Waals surface area contributed by atoms with Gasteiger partial charge in [0.25, 0.3) is 0 Å². The molecule has 19 heavy (non-hydrogen) atoms. The van der Waals surface area contributed by atoms with Gasteiger partial charge >= 0.3 is 8.80 Å². The van der Waals surface area contributed by atoms with Crippen molar-refractivity contribution in [1.29, 1.82) is 0 Å². The van der Waals surface area contributed by atoms with Crippen molar-refractivity contribution in [3.8, 4) is 0 Å². The molecule has 0 spiro atoms. The van der Waals surface area contributed by atoms with Crippen LogP contribution >= 0.6 is 0 Å². The van der Waals surface area contributed by atoms with Crippen LogP contribution in [0.3, 0.4) is 0 Å². The molecule has 0 aromatic heterocycles. The normalized spacial score (nSPS) is 12.0. The van der Waals surface area contributed by atoms with Crippen molar-refractivity contribution >= 4 is 8.80 Å². The van der Waals surface area contributed by atoms with Crippen molar-refractivity contribution in [2.24, 2.45) is 0 Å². The summed E-state index contributed by atoms with van der Waals surface area (Å²) in [7, 11) is 1.09. The van der Waals surface area contributed by atoms with E-state index in [-0.39, 0.29) is 0 Å². The van der Waals surface area contributed by atoms with Crippen LogP contribution in [0.25, 0.3) is 0 Å². The van der Waals surface area contributed by atoms with Gasteiger partial charge in [0.1, 0.15) is 0 Å². The molecule has 0 aromatic rings. The molecule has 0 radical (unpaired) electrons. The largest absolute Gasteiger partial charge is 0.500 e. The summed E-state index contributed by atoms with van der Waals surface area (Å²) in [4.78, 5) is 0. The molecular weight excluding hydrogens is 256 g/mol. The van der Waals surface area contributed by atoms with Gasteiger partial charge in [-0.3, -0.25) is 0 Å². The smallest absolute Gasteiger partial charge is 0.377 e. The fourth-order valence-corrected chi connectivity index (χ4v) is 4.35. The highest BCUT2D eigenvalue weighted by Gasteiger charge is 2.37. The SMILES string of the molecule is CCCCCCCCCO[Si](CCCC)(OC)OC. The van der Waals surface area contributed by atoms with Crippen LogP contribution in [0.1, 0.15) is 71.6 Å². The van der Waals surface area contributed by atoms with Crippen LogP contribution in [0.2, 0.25) is 6.04 Å². The second-order valence-electron chi connectivity index (χ2n) is 5.16. The van der Waals surface area contributed by atoms with Crippen LogP contribution in [-0.2, 0) is 13.3 Å². The van der Waals surface area contributed by atoms with E-state index in [0.717, 1.165) is 31.9 Å². The molecule has 0 atom stereocenters. The third kappa shape index (κ3) is 9.60. The molecule has 3 nitrogen and oxygen atoms in total. The molecule has 0 fully saturated rings. The minimum Gasteiger partial charge on any atom is -0.377 e. The van der Waals surface area contributed by atoms with Crippen LogP contribution in [0, 0.1) is 0 Å². The summed E-state index contributed by atoms with van der Waals surface area (Å²) >= 11 is 0. The predicted octanol–water partition coefficient (Wildman–Crippen LogP) is 4.79. The van der Waals surface area contributed by atoms with Crippen molar-refractivity contribution in [1.82, 2.24) is 0 Å². The average Bonchev–Trinajstić information content (AvgIpc) is 2.45. The molecule has 0 unspecified atom stereocenters.